The summed E-state index contributed by atoms with van der Waals surface area (Å²) >= 11 is 0. The zero-order chi connectivity index (χ0) is 23.2. The molecule has 2 aliphatic rings. The van der Waals surface area contributed by atoms with Gasteiger partial charge < -0.3 is 14.3 Å². The fourth-order valence-corrected chi connectivity index (χ4v) is 5.23. The highest BCUT2D eigenvalue weighted by molar-refractivity contribution is 6.11. The molecule has 2 aromatic heterocycles. The number of carbonyl (C=O) groups excluding carboxylic acids is 3. The molecule has 33 heavy (non-hydrogen) atoms. The lowest BCUT2D eigenvalue weighted by molar-refractivity contribution is -0.131. The summed E-state index contributed by atoms with van der Waals surface area (Å²) < 4.78 is 7.44. The Labute approximate surface area is 192 Å². The molecule has 1 fully saturated rings. The Morgan fingerprint density at radius 2 is 1.94 bits per heavy atom. The molecule has 0 saturated carbocycles. The average molecular weight is 446 g/mol. The molecule has 1 atom stereocenters. The Balaban J connectivity index is 1.41. The largest absolute Gasteiger partial charge is 0.467 e. The van der Waals surface area contributed by atoms with Crippen molar-refractivity contribution in [3.63, 3.8) is 0 Å². The van der Waals surface area contributed by atoms with E-state index in [1.165, 1.54) is 0 Å². The van der Waals surface area contributed by atoms with Crippen LogP contribution in [-0.2, 0) is 23.3 Å². The van der Waals surface area contributed by atoms with Crippen LogP contribution in [0.25, 0.3) is 0 Å². The summed E-state index contributed by atoms with van der Waals surface area (Å²) in [5, 5.41) is 2.95. The van der Waals surface area contributed by atoms with Crippen LogP contribution in [0.4, 0.5) is 4.79 Å². The third kappa shape index (κ3) is 3.48. The summed E-state index contributed by atoms with van der Waals surface area (Å²) in [5.41, 5.74) is 3.07. The molecule has 0 unspecified atom stereocenters. The summed E-state index contributed by atoms with van der Waals surface area (Å²) in [5.74, 6) is 0.203. The number of imide groups is 1. The quantitative estimate of drug-likeness (QED) is 0.473. The minimum absolute atomic E-state index is 0.253. The van der Waals surface area contributed by atoms with Gasteiger partial charge in [0, 0.05) is 17.0 Å². The number of benzene rings is 1. The fourth-order valence-electron chi connectivity index (χ4n) is 5.23. The summed E-state index contributed by atoms with van der Waals surface area (Å²) in [6, 6.07) is 12.8. The van der Waals surface area contributed by atoms with E-state index in [0.29, 0.717) is 18.5 Å². The van der Waals surface area contributed by atoms with Gasteiger partial charge in [-0.2, -0.15) is 0 Å². The van der Waals surface area contributed by atoms with Gasteiger partial charge >= 0.3 is 6.03 Å². The Bertz CT molecular complexity index is 1240. The average Bonchev–Trinajstić information content (AvgIpc) is 3.44. The van der Waals surface area contributed by atoms with Crippen molar-refractivity contribution in [1.29, 1.82) is 0 Å². The summed E-state index contributed by atoms with van der Waals surface area (Å²) in [6.45, 7) is 4.04. The van der Waals surface area contributed by atoms with Crippen molar-refractivity contribution in [2.24, 2.45) is 0 Å². The predicted octanol–water partition coefficient (Wildman–Crippen LogP) is 4.10. The van der Waals surface area contributed by atoms with Gasteiger partial charge in [-0.05, 0) is 68.9 Å². The van der Waals surface area contributed by atoms with Gasteiger partial charge in [-0.3, -0.25) is 14.5 Å². The standard InChI is InChI=1S/C26H27N3O4/c1-17-14-21(18(2)28(17)15-20-10-7-13-33-20)23(30)16-29-24(31)26(27-25(29)32)12-6-5-9-19-8-3-4-11-22(19)26/h3-4,7-8,10-11,13-14H,5-6,9,12,15-16H2,1-2H3,(H,27,32)/t26-/m0/s1. The lowest BCUT2D eigenvalue weighted by Gasteiger charge is -2.27. The minimum Gasteiger partial charge on any atom is -0.467 e. The van der Waals surface area contributed by atoms with Crippen LogP contribution in [0.1, 0.15) is 57.9 Å². The maximum Gasteiger partial charge on any atom is 0.325 e. The number of urea groups is 1. The number of nitrogens with one attached hydrogen (secondary N) is 1. The van der Waals surface area contributed by atoms with E-state index in [1.807, 2.05) is 60.9 Å². The first kappa shape index (κ1) is 21.2. The lowest BCUT2D eigenvalue weighted by Crippen LogP contribution is -2.44. The maximum atomic E-state index is 13.6. The Hall–Kier alpha value is -3.61. The molecular weight excluding hydrogens is 418 g/mol. The van der Waals surface area contributed by atoms with Gasteiger partial charge in [0.25, 0.3) is 5.91 Å². The smallest absolute Gasteiger partial charge is 0.325 e. The fraction of sp³-hybridized carbons (Fsp3) is 0.346. The number of amides is 3. The molecule has 1 aliphatic heterocycles. The van der Waals surface area contributed by atoms with Crippen LogP contribution < -0.4 is 5.32 Å². The van der Waals surface area contributed by atoms with Crippen molar-refractivity contribution < 1.29 is 18.8 Å². The van der Waals surface area contributed by atoms with Gasteiger partial charge in [-0.15, -0.1) is 0 Å². The van der Waals surface area contributed by atoms with E-state index in [4.69, 9.17) is 4.42 Å². The van der Waals surface area contributed by atoms with Crippen molar-refractivity contribution in [1.82, 2.24) is 14.8 Å². The first-order valence-corrected chi connectivity index (χ1v) is 11.4. The summed E-state index contributed by atoms with van der Waals surface area (Å²) in [4.78, 5) is 40.9. The SMILES string of the molecule is Cc1cc(C(=O)CN2C(=O)N[C@]3(CCCCc4ccccc43)C2=O)c(C)n1Cc1ccco1. The van der Waals surface area contributed by atoms with Gasteiger partial charge in [0.1, 0.15) is 11.3 Å². The molecule has 3 heterocycles. The molecule has 0 radical (unpaired) electrons. The van der Waals surface area contributed by atoms with Crippen LogP contribution in [0.15, 0.2) is 53.1 Å². The molecule has 7 nitrogen and oxygen atoms in total. The number of nitrogens with zero attached hydrogens (tertiary/aromatic N) is 2. The number of hydrogen-bond acceptors (Lipinski definition) is 4. The number of carbonyl (C=O) groups is 3. The van der Waals surface area contributed by atoms with Gasteiger partial charge in [0.05, 0.1) is 19.4 Å². The monoisotopic (exact) mass is 445 g/mol. The van der Waals surface area contributed by atoms with Crippen molar-refractivity contribution in [2.45, 2.75) is 51.6 Å². The zero-order valence-corrected chi connectivity index (χ0v) is 18.9. The Morgan fingerprint density at radius 3 is 2.73 bits per heavy atom. The molecule has 170 valence electrons. The first-order valence-electron chi connectivity index (χ1n) is 11.4. The third-order valence-electron chi connectivity index (χ3n) is 6.97. The second-order valence-electron chi connectivity index (χ2n) is 8.96. The lowest BCUT2D eigenvalue weighted by atomic mass is 9.84. The van der Waals surface area contributed by atoms with E-state index in [9.17, 15) is 14.4 Å². The second kappa shape index (κ2) is 8.06. The highest BCUT2D eigenvalue weighted by atomic mass is 16.3. The van der Waals surface area contributed by atoms with Crippen molar-refractivity contribution >= 4 is 17.7 Å². The zero-order valence-electron chi connectivity index (χ0n) is 18.9. The molecule has 1 N–H and O–H groups in total. The Morgan fingerprint density at radius 1 is 1.12 bits per heavy atom. The van der Waals surface area contributed by atoms with E-state index in [1.54, 1.807) is 6.26 Å². The molecule has 3 amide bonds. The summed E-state index contributed by atoms with van der Waals surface area (Å²) in [6.07, 6.45) is 4.83. The molecule has 5 rings (SSSR count). The number of furan rings is 1. The van der Waals surface area contributed by atoms with E-state index in [2.05, 4.69) is 5.32 Å². The first-order chi connectivity index (χ1) is 15.9. The van der Waals surface area contributed by atoms with Gasteiger partial charge in [-0.1, -0.05) is 24.3 Å². The van der Waals surface area contributed by atoms with E-state index in [-0.39, 0.29) is 18.2 Å². The topological polar surface area (TPSA) is 84.5 Å². The highest BCUT2D eigenvalue weighted by Crippen LogP contribution is 2.39. The number of Topliss-reactive ketones (excluding diaryl/α,β-unsaturated/α-hetero) is 1. The number of rotatable bonds is 5. The number of fused-ring (bicyclic) bond motifs is 2. The predicted molar refractivity (Wildman–Crippen MR) is 122 cm³/mol. The number of ketones is 1. The van der Waals surface area contributed by atoms with Gasteiger partial charge in [-0.25, -0.2) is 4.79 Å². The Kier molecular flexibility index (Phi) is 5.19. The van der Waals surface area contributed by atoms with Crippen LogP contribution in [0.5, 0.6) is 0 Å². The molecule has 1 aromatic carbocycles. The van der Waals surface area contributed by atoms with Crippen molar-refractivity contribution in [3.05, 3.63) is 82.6 Å². The van der Waals surface area contributed by atoms with E-state index in [0.717, 1.165) is 52.4 Å². The molecule has 1 saturated heterocycles. The molecule has 1 spiro atoms. The molecule has 3 aromatic rings. The molecule has 1 aliphatic carbocycles. The van der Waals surface area contributed by atoms with E-state index >= 15 is 0 Å². The summed E-state index contributed by atoms with van der Waals surface area (Å²) in [7, 11) is 0. The van der Waals surface area contributed by atoms with Crippen LogP contribution in [0.2, 0.25) is 0 Å². The molecule has 7 heteroatoms. The maximum absolute atomic E-state index is 13.6. The van der Waals surface area contributed by atoms with Crippen molar-refractivity contribution in [3.8, 4) is 0 Å². The van der Waals surface area contributed by atoms with E-state index < -0.39 is 11.6 Å². The van der Waals surface area contributed by atoms with Gasteiger partial charge in [0.15, 0.2) is 5.78 Å². The number of aryl methyl sites for hydroxylation is 2. The normalized spacial score (nSPS) is 20.1. The minimum atomic E-state index is -1.08. The van der Waals surface area contributed by atoms with Crippen LogP contribution in [0.3, 0.4) is 0 Å². The highest BCUT2D eigenvalue weighted by Gasteiger charge is 2.53. The van der Waals surface area contributed by atoms with Crippen LogP contribution in [0, 0.1) is 13.8 Å². The number of hydrogen-bond donors (Lipinski definition) is 1. The molecule has 0 bridgehead atoms. The van der Waals surface area contributed by atoms with Crippen LogP contribution >= 0.6 is 0 Å². The van der Waals surface area contributed by atoms with Gasteiger partial charge in [0.2, 0.25) is 0 Å². The molecular formula is C26H27N3O4. The van der Waals surface area contributed by atoms with Crippen molar-refractivity contribution in [2.75, 3.05) is 6.54 Å². The van der Waals surface area contributed by atoms with Crippen LogP contribution in [-0.4, -0.2) is 33.7 Å². The number of aromatic nitrogens is 1. The third-order valence-corrected chi connectivity index (χ3v) is 6.97. The second-order valence-corrected chi connectivity index (χ2v) is 8.96.